The summed E-state index contributed by atoms with van der Waals surface area (Å²) in [6.45, 7) is 0. The van der Waals surface area contributed by atoms with E-state index in [1.54, 1.807) is 26.5 Å². The fraction of sp³-hybridized carbons (Fsp3) is 0.214. The van der Waals surface area contributed by atoms with Crippen LogP contribution in [0.1, 0.15) is 17.2 Å². The Labute approximate surface area is 112 Å². The van der Waals surface area contributed by atoms with E-state index in [-0.39, 0.29) is 6.04 Å². The molecule has 1 aromatic carbocycles. The van der Waals surface area contributed by atoms with Crippen LogP contribution in [0.4, 0.5) is 5.82 Å². The van der Waals surface area contributed by atoms with Crippen molar-refractivity contribution in [2.24, 2.45) is 5.73 Å². The van der Waals surface area contributed by atoms with Gasteiger partial charge in [0.2, 0.25) is 0 Å². The molecule has 1 atom stereocenters. The van der Waals surface area contributed by atoms with Crippen molar-refractivity contribution >= 4 is 5.82 Å². The van der Waals surface area contributed by atoms with E-state index in [0.29, 0.717) is 17.3 Å². The highest BCUT2D eigenvalue weighted by atomic mass is 16.5. The topological polar surface area (TPSA) is 83.4 Å². The van der Waals surface area contributed by atoms with Gasteiger partial charge in [-0.15, -0.1) is 0 Å². The summed E-state index contributed by atoms with van der Waals surface area (Å²) in [4.78, 5) is 4.05. The zero-order valence-corrected chi connectivity index (χ0v) is 11.0. The van der Waals surface area contributed by atoms with E-state index in [1.165, 1.54) is 0 Å². The normalized spacial score (nSPS) is 11.9. The predicted octanol–water partition coefficient (Wildman–Crippen LogP) is 1.73. The van der Waals surface area contributed by atoms with Crippen molar-refractivity contribution in [3.8, 4) is 11.5 Å². The third-order valence-corrected chi connectivity index (χ3v) is 2.94. The van der Waals surface area contributed by atoms with Crippen molar-refractivity contribution in [1.29, 1.82) is 0 Å². The number of pyridine rings is 1. The lowest BCUT2D eigenvalue weighted by Gasteiger charge is -2.16. The largest absolute Gasteiger partial charge is 0.497 e. The van der Waals surface area contributed by atoms with Crippen LogP contribution in [0, 0.1) is 0 Å². The van der Waals surface area contributed by atoms with E-state index in [2.05, 4.69) is 4.98 Å². The molecule has 5 heteroatoms. The summed E-state index contributed by atoms with van der Waals surface area (Å²) in [5.74, 6) is 1.80. The predicted molar refractivity (Wildman–Crippen MR) is 74.2 cm³/mol. The summed E-state index contributed by atoms with van der Waals surface area (Å²) in [6.07, 6.45) is 1.64. The zero-order chi connectivity index (χ0) is 13.8. The molecule has 19 heavy (non-hydrogen) atoms. The third kappa shape index (κ3) is 2.77. The quantitative estimate of drug-likeness (QED) is 0.873. The number of nitrogens with zero attached hydrogens (tertiary/aromatic N) is 1. The van der Waals surface area contributed by atoms with E-state index >= 15 is 0 Å². The van der Waals surface area contributed by atoms with Gasteiger partial charge in [-0.05, 0) is 23.8 Å². The second-order valence-electron chi connectivity index (χ2n) is 4.10. The minimum atomic E-state index is -0.377. The summed E-state index contributed by atoms with van der Waals surface area (Å²) in [5.41, 5.74) is 13.7. The van der Waals surface area contributed by atoms with Crippen LogP contribution < -0.4 is 20.9 Å². The highest BCUT2D eigenvalue weighted by Gasteiger charge is 2.14. The molecule has 0 saturated carbocycles. The highest BCUT2D eigenvalue weighted by molar-refractivity contribution is 5.48. The number of anilines is 1. The molecule has 2 aromatic rings. The molecule has 1 unspecified atom stereocenters. The van der Waals surface area contributed by atoms with Crippen molar-refractivity contribution in [3.05, 3.63) is 47.7 Å². The lowest BCUT2D eigenvalue weighted by atomic mass is 9.99. The van der Waals surface area contributed by atoms with Crippen molar-refractivity contribution in [2.45, 2.75) is 6.04 Å². The van der Waals surface area contributed by atoms with Crippen molar-refractivity contribution < 1.29 is 9.47 Å². The molecule has 0 amide bonds. The molecule has 0 fully saturated rings. The van der Waals surface area contributed by atoms with Gasteiger partial charge in [0, 0.05) is 17.8 Å². The van der Waals surface area contributed by atoms with Crippen LogP contribution >= 0.6 is 0 Å². The first kappa shape index (κ1) is 13.2. The van der Waals surface area contributed by atoms with Crippen molar-refractivity contribution in [3.63, 3.8) is 0 Å². The fourth-order valence-corrected chi connectivity index (χ4v) is 1.88. The minimum Gasteiger partial charge on any atom is -0.497 e. The standard InChI is InChI=1S/C14H17N3O2/c1-18-10-6-9(7-11(8-10)19-2)13(15)12-4-3-5-17-14(12)16/h3-8,13H,15H2,1-2H3,(H2,16,17). The molecule has 5 nitrogen and oxygen atoms in total. The fourth-order valence-electron chi connectivity index (χ4n) is 1.88. The molecule has 100 valence electrons. The van der Waals surface area contributed by atoms with Gasteiger partial charge in [-0.1, -0.05) is 6.07 Å². The number of rotatable bonds is 4. The average Bonchev–Trinajstić information content (AvgIpc) is 2.46. The van der Waals surface area contributed by atoms with Crippen molar-refractivity contribution in [1.82, 2.24) is 4.98 Å². The average molecular weight is 259 g/mol. The van der Waals surface area contributed by atoms with Gasteiger partial charge < -0.3 is 20.9 Å². The first-order valence-electron chi connectivity index (χ1n) is 5.84. The molecule has 0 aliphatic heterocycles. The smallest absolute Gasteiger partial charge is 0.128 e. The number of aromatic nitrogens is 1. The van der Waals surface area contributed by atoms with E-state index in [1.807, 2.05) is 24.3 Å². The van der Waals surface area contributed by atoms with Crippen LogP contribution in [0.2, 0.25) is 0 Å². The minimum absolute atomic E-state index is 0.377. The number of methoxy groups -OCH3 is 2. The first-order valence-corrected chi connectivity index (χ1v) is 5.84. The Morgan fingerprint density at radius 3 is 2.26 bits per heavy atom. The maximum absolute atomic E-state index is 6.23. The van der Waals surface area contributed by atoms with Crippen LogP contribution in [0.3, 0.4) is 0 Å². The Kier molecular flexibility index (Phi) is 3.87. The van der Waals surface area contributed by atoms with Gasteiger partial charge in [0.25, 0.3) is 0 Å². The number of nitrogens with two attached hydrogens (primary N) is 2. The summed E-state index contributed by atoms with van der Waals surface area (Å²) in [6, 6.07) is 8.81. The lowest BCUT2D eigenvalue weighted by Crippen LogP contribution is -2.14. The maximum atomic E-state index is 6.23. The second-order valence-corrected chi connectivity index (χ2v) is 4.10. The lowest BCUT2D eigenvalue weighted by molar-refractivity contribution is 0.393. The van der Waals surface area contributed by atoms with Crippen LogP contribution in [0.15, 0.2) is 36.5 Å². The highest BCUT2D eigenvalue weighted by Crippen LogP contribution is 2.29. The van der Waals surface area contributed by atoms with Gasteiger partial charge >= 0.3 is 0 Å². The van der Waals surface area contributed by atoms with Gasteiger partial charge in [0.05, 0.1) is 20.3 Å². The second kappa shape index (κ2) is 5.58. The molecule has 2 rings (SSSR count). The number of hydrogen-bond donors (Lipinski definition) is 2. The Balaban J connectivity index is 2.43. The Morgan fingerprint density at radius 1 is 1.11 bits per heavy atom. The van der Waals surface area contributed by atoms with Gasteiger partial charge in [-0.25, -0.2) is 4.98 Å². The van der Waals surface area contributed by atoms with E-state index in [9.17, 15) is 0 Å². The molecule has 4 N–H and O–H groups in total. The van der Waals surface area contributed by atoms with E-state index in [0.717, 1.165) is 11.1 Å². The molecule has 0 aliphatic carbocycles. The molecule has 1 heterocycles. The first-order chi connectivity index (χ1) is 9.15. The monoisotopic (exact) mass is 259 g/mol. The Morgan fingerprint density at radius 2 is 1.74 bits per heavy atom. The molecular formula is C14H17N3O2. The Hall–Kier alpha value is -2.27. The zero-order valence-electron chi connectivity index (χ0n) is 11.0. The van der Waals surface area contributed by atoms with Crippen LogP contribution in [0.5, 0.6) is 11.5 Å². The molecule has 0 saturated heterocycles. The van der Waals surface area contributed by atoms with E-state index in [4.69, 9.17) is 20.9 Å². The Bertz CT molecular complexity index is 550. The summed E-state index contributed by atoms with van der Waals surface area (Å²) in [7, 11) is 3.20. The number of ether oxygens (including phenoxy) is 2. The summed E-state index contributed by atoms with van der Waals surface area (Å²) in [5, 5.41) is 0. The molecule has 0 aliphatic rings. The third-order valence-electron chi connectivity index (χ3n) is 2.94. The van der Waals surface area contributed by atoms with Crippen LogP contribution in [-0.4, -0.2) is 19.2 Å². The van der Waals surface area contributed by atoms with Gasteiger partial charge in [-0.3, -0.25) is 0 Å². The molecule has 1 aromatic heterocycles. The summed E-state index contributed by atoms with van der Waals surface area (Å²) >= 11 is 0. The maximum Gasteiger partial charge on any atom is 0.128 e. The number of benzene rings is 1. The molecule has 0 spiro atoms. The van der Waals surface area contributed by atoms with Crippen LogP contribution in [-0.2, 0) is 0 Å². The van der Waals surface area contributed by atoms with Gasteiger partial charge in [-0.2, -0.15) is 0 Å². The SMILES string of the molecule is COc1cc(OC)cc(C(N)c2cccnc2N)c1. The number of nitrogen functional groups attached to an aromatic ring is 1. The number of hydrogen-bond acceptors (Lipinski definition) is 5. The van der Waals surface area contributed by atoms with Gasteiger partial charge in [0.1, 0.15) is 17.3 Å². The molecule has 0 radical (unpaired) electrons. The van der Waals surface area contributed by atoms with E-state index < -0.39 is 0 Å². The summed E-state index contributed by atoms with van der Waals surface area (Å²) < 4.78 is 10.5. The molecule has 0 bridgehead atoms. The van der Waals surface area contributed by atoms with Gasteiger partial charge in [0.15, 0.2) is 0 Å². The molecular weight excluding hydrogens is 242 g/mol. The van der Waals surface area contributed by atoms with Crippen molar-refractivity contribution in [2.75, 3.05) is 20.0 Å². The van der Waals surface area contributed by atoms with Crippen LogP contribution in [0.25, 0.3) is 0 Å².